The number of hydrogen-bond acceptors (Lipinski definition) is 8. The summed E-state index contributed by atoms with van der Waals surface area (Å²) in [4.78, 5) is 39.1. The van der Waals surface area contributed by atoms with Crippen molar-refractivity contribution in [3.63, 3.8) is 0 Å². The zero-order valence-electron chi connectivity index (χ0n) is 19.0. The molecule has 2 aromatic heterocycles. The average molecular weight is 513 g/mol. The number of hydrogen-bond donors (Lipinski definition) is 2. The van der Waals surface area contributed by atoms with E-state index in [1.807, 2.05) is 72.8 Å². The summed E-state index contributed by atoms with van der Waals surface area (Å²) in [5.41, 5.74) is 1.30. The van der Waals surface area contributed by atoms with E-state index in [2.05, 4.69) is 19.9 Å². The van der Waals surface area contributed by atoms with Crippen LogP contribution in [-0.4, -0.2) is 31.4 Å². The molecule has 2 N–H and O–H groups in total. The first kappa shape index (κ1) is 25.0. The molecule has 0 amide bonds. The Morgan fingerprint density at radius 2 is 1.06 bits per heavy atom. The molecule has 0 radical (unpaired) electrons. The van der Waals surface area contributed by atoms with Gasteiger partial charge in [0, 0.05) is 22.6 Å². The van der Waals surface area contributed by atoms with Gasteiger partial charge in [0.05, 0.1) is 11.4 Å². The van der Waals surface area contributed by atoms with Gasteiger partial charge < -0.3 is 9.97 Å². The lowest BCUT2D eigenvalue weighted by Gasteiger charge is -2.07. The summed E-state index contributed by atoms with van der Waals surface area (Å²) in [5, 5.41) is 19.7. The third kappa shape index (κ3) is 5.92. The lowest BCUT2D eigenvalue weighted by atomic mass is 10.1. The lowest BCUT2D eigenvalue weighted by Crippen LogP contribution is -2.15. The van der Waals surface area contributed by atoms with Crippen molar-refractivity contribution in [3.8, 4) is 34.7 Å². The van der Waals surface area contributed by atoms with Crippen LogP contribution in [0.1, 0.15) is 24.0 Å². The van der Waals surface area contributed by atoms with Crippen molar-refractivity contribution >= 4 is 23.5 Å². The zero-order chi connectivity index (χ0) is 25.3. The minimum absolute atomic E-state index is 0.000677. The Kier molecular flexibility index (Phi) is 8.35. The maximum Gasteiger partial charge on any atom is 0.270 e. The van der Waals surface area contributed by atoms with Gasteiger partial charge in [-0.25, -0.2) is 9.97 Å². The van der Waals surface area contributed by atoms with Gasteiger partial charge in [0.1, 0.15) is 23.3 Å². The molecule has 0 spiro atoms. The van der Waals surface area contributed by atoms with Gasteiger partial charge in [-0.1, -0.05) is 84.2 Å². The van der Waals surface area contributed by atoms with Crippen molar-refractivity contribution in [3.05, 3.63) is 92.5 Å². The van der Waals surface area contributed by atoms with Crippen LogP contribution in [0.15, 0.2) is 80.6 Å². The van der Waals surface area contributed by atoms with Gasteiger partial charge in [-0.3, -0.25) is 9.59 Å². The molecule has 178 valence electrons. The van der Waals surface area contributed by atoms with Crippen LogP contribution in [0.25, 0.3) is 22.5 Å². The van der Waals surface area contributed by atoms with E-state index < -0.39 is 11.1 Å². The molecule has 0 atom stereocenters. The normalized spacial score (nSPS) is 10.5. The maximum atomic E-state index is 12.4. The van der Waals surface area contributed by atoms with Crippen LogP contribution in [-0.2, 0) is 0 Å². The number of nitriles is 2. The first-order valence-corrected chi connectivity index (χ1v) is 13.0. The van der Waals surface area contributed by atoms with Gasteiger partial charge in [-0.2, -0.15) is 10.5 Å². The molecule has 0 aliphatic rings. The number of nitrogens with zero attached hydrogens (tertiary/aromatic N) is 4. The number of aromatic nitrogens is 4. The predicted molar refractivity (Wildman–Crippen MR) is 141 cm³/mol. The molecule has 36 heavy (non-hydrogen) atoms. The molecule has 0 aliphatic heterocycles. The molecular formula is C26H20N6O2S2. The summed E-state index contributed by atoms with van der Waals surface area (Å²) in [6.07, 6.45) is 1.68. The Hall–Kier alpha value is -4.12. The predicted octanol–water partition coefficient (Wildman–Crippen LogP) is 4.60. The van der Waals surface area contributed by atoms with Crippen LogP contribution >= 0.6 is 23.5 Å². The minimum Gasteiger partial charge on any atom is -0.300 e. The summed E-state index contributed by atoms with van der Waals surface area (Å²) < 4.78 is 0. The number of unbranched alkanes of at least 4 members (excludes halogenated alkanes) is 1. The van der Waals surface area contributed by atoms with E-state index in [0.29, 0.717) is 21.7 Å². The van der Waals surface area contributed by atoms with E-state index in [0.717, 1.165) is 35.5 Å². The summed E-state index contributed by atoms with van der Waals surface area (Å²) >= 11 is 2.84. The van der Waals surface area contributed by atoms with Gasteiger partial charge in [0.25, 0.3) is 11.1 Å². The van der Waals surface area contributed by atoms with Gasteiger partial charge in [-0.15, -0.1) is 0 Å². The Morgan fingerprint density at radius 1 is 0.667 bits per heavy atom. The largest absolute Gasteiger partial charge is 0.300 e. The smallest absolute Gasteiger partial charge is 0.270 e. The number of rotatable bonds is 9. The molecule has 8 nitrogen and oxygen atoms in total. The van der Waals surface area contributed by atoms with E-state index in [9.17, 15) is 20.1 Å². The Labute approximate surface area is 215 Å². The quantitative estimate of drug-likeness (QED) is 0.188. The molecule has 0 bridgehead atoms. The SMILES string of the molecule is N#Cc1c(-c2ccccc2)nc(SCCCCSc2nc(-c3ccccc3)c(C#N)c(=O)[nH]2)[nH]c1=O. The van der Waals surface area contributed by atoms with Gasteiger partial charge in [-0.05, 0) is 12.8 Å². The highest BCUT2D eigenvalue weighted by atomic mass is 32.2. The first-order chi connectivity index (χ1) is 17.6. The van der Waals surface area contributed by atoms with Crippen LogP contribution in [0.3, 0.4) is 0 Å². The molecule has 2 heterocycles. The summed E-state index contributed by atoms with van der Waals surface area (Å²) in [5.74, 6) is 1.44. The van der Waals surface area contributed by atoms with Crippen LogP contribution in [0.4, 0.5) is 0 Å². The molecule has 0 unspecified atom stereocenters. The monoisotopic (exact) mass is 512 g/mol. The van der Waals surface area contributed by atoms with E-state index >= 15 is 0 Å². The van der Waals surface area contributed by atoms with Gasteiger partial charge in [0.2, 0.25) is 0 Å². The molecule has 0 aliphatic carbocycles. The number of benzene rings is 2. The highest BCUT2D eigenvalue weighted by Gasteiger charge is 2.14. The van der Waals surface area contributed by atoms with Crippen LogP contribution in [0, 0.1) is 22.7 Å². The number of H-pyrrole nitrogens is 2. The molecule has 2 aromatic carbocycles. The number of thioether (sulfide) groups is 2. The van der Waals surface area contributed by atoms with E-state index in [1.54, 1.807) is 0 Å². The lowest BCUT2D eigenvalue weighted by molar-refractivity contribution is 0.883. The second-order valence-corrected chi connectivity index (χ2v) is 9.72. The standard InChI is InChI=1S/C26H20N6O2S2/c27-15-19-21(17-9-3-1-4-10-17)29-25(31-23(19)33)35-13-7-8-14-36-26-30-22(18-11-5-2-6-12-18)20(16-28)24(34)32-26/h1-6,9-12H,7-8,13-14H2,(H,29,31,33)(H,30,32,34). The molecule has 4 rings (SSSR count). The molecule has 0 saturated heterocycles. The second-order valence-electron chi connectivity index (χ2n) is 7.55. The van der Waals surface area contributed by atoms with E-state index in [4.69, 9.17) is 0 Å². The van der Waals surface area contributed by atoms with E-state index in [-0.39, 0.29) is 11.1 Å². The molecular weight excluding hydrogens is 492 g/mol. The zero-order valence-corrected chi connectivity index (χ0v) is 20.7. The summed E-state index contributed by atoms with van der Waals surface area (Å²) in [7, 11) is 0. The third-order valence-corrected chi connectivity index (χ3v) is 7.05. The van der Waals surface area contributed by atoms with Crippen LogP contribution in [0.2, 0.25) is 0 Å². The molecule has 10 heteroatoms. The summed E-state index contributed by atoms with van der Waals surface area (Å²) in [6.45, 7) is 0. The maximum absolute atomic E-state index is 12.4. The Bertz CT molecular complexity index is 1440. The van der Waals surface area contributed by atoms with Gasteiger partial charge >= 0.3 is 0 Å². The topological polar surface area (TPSA) is 139 Å². The van der Waals surface area contributed by atoms with Crippen molar-refractivity contribution in [1.82, 2.24) is 19.9 Å². The second kappa shape index (κ2) is 12.0. The number of nitrogens with one attached hydrogen (secondary N) is 2. The van der Waals surface area contributed by atoms with Crippen molar-refractivity contribution in [1.29, 1.82) is 10.5 Å². The molecule has 4 aromatic rings. The minimum atomic E-state index is -0.450. The van der Waals surface area contributed by atoms with Crippen molar-refractivity contribution in [2.45, 2.75) is 23.2 Å². The fourth-order valence-corrected chi connectivity index (χ4v) is 5.13. The van der Waals surface area contributed by atoms with Crippen molar-refractivity contribution < 1.29 is 0 Å². The molecule has 0 fully saturated rings. The van der Waals surface area contributed by atoms with Gasteiger partial charge in [0.15, 0.2) is 10.3 Å². The fraction of sp³-hybridized carbons (Fsp3) is 0.154. The Morgan fingerprint density at radius 3 is 1.42 bits per heavy atom. The van der Waals surface area contributed by atoms with Crippen LogP contribution < -0.4 is 11.1 Å². The Balaban J connectivity index is 1.35. The number of aromatic amines is 2. The molecule has 0 saturated carbocycles. The summed E-state index contributed by atoms with van der Waals surface area (Å²) in [6, 6.07) is 22.2. The van der Waals surface area contributed by atoms with Crippen molar-refractivity contribution in [2.75, 3.05) is 11.5 Å². The fourth-order valence-electron chi connectivity index (χ4n) is 3.40. The average Bonchev–Trinajstić information content (AvgIpc) is 2.91. The third-order valence-electron chi connectivity index (χ3n) is 5.13. The van der Waals surface area contributed by atoms with Crippen molar-refractivity contribution in [2.24, 2.45) is 0 Å². The highest BCUT2D eigenvalue weighted by Crippen LogP contribution is 2.24. The van der Waals surface area contributed by atoms with Crippen LogP contribution in [0.5, 0.6) is 0 Å². The highest BCUT2D eigenvalue weighted by molar-refractivity contribution is 7.99. The van der Waals surface area contributed by atoms with E-state index in [1.165, 1.54) is 23.5 Å². The first-order valence-electron chi connectivity index (χ1n) is 11.1.